The van der Waals surface area contributed by atoms with Crippen LogP contribution in [0.25, 0.3) is 0 Å². The standard InChI is InChI=1S/C24H23NO2/c1-27-23(26)18-17-22(19-11-5-2-6-12-19)25-24(20-13-7-3-8-14-20)21-15-9-4-10-16-21/h2-16,22H,17-18H2,1H3. The van der Waals surface area contributed by atoms with Gasteiger partial charge in [0.25, 0.3) is 0 Å². The predicted octanol–water partition coefficient (Wildman–Crippen LogP) is 5.22. The Balaban J connectivity index is 2.03. The first kappa shape index (κ1) is 18.6. The summed E-state index contributed by atoms with van der Waals surface area (Å²) in [5.41, 5.74) is 4.13. The van der Waals surface area contributed by atoms with Crippen molar-refractivity contribution in [1.82, 2.24) is 0 Å². The van der Waals surface area contributed by atoms with Crippen molar-refractivity contribution in [2.75, 3.05) is 7.11 Å². The Morgan fingerprint density at radius 2 is 1.30 bits per heavy atom. The van der Waals surface area contributed by atoms with E-state index in [4.69, 9.17) is 9.73 Å². The van der Waals surface area contributed by atoms with Crippen molar-refractivity contribution in [3.63, 3.8) is 0 Å². The molecule has 0 radical (unpaired) electrons. The van der Waals surface area contributed by atoms with E-state index in [0.29, 0.717) is 12.8 Å². The number of hydrogen-bond donors (Lipinski definition) is 0. The minimum Gasteiger partial charge on any atom is -0.469 e. The zero-order valence-corrected chi connectivity index (χ0v) is 15.4. The normalized spacial score (nSPS) is 11.4. The van der Waals surface area contributed by atoms with Crippen molar-refractivity contribution in [3.05, 3.63) is 108 Å². The number of ether oxygens (including phenoxy) is 1. The molecule has 0 amide bonds. The van der Waals surface area contributed by atoms with Crippen LogP contribution in [0, 0.1) is 0 Å². The largest absolute Gasteiger partial charge is 0.469 e. The minimum absolute atomic E-state index is 0.124. The van der Waals surface area contributed by atoms with Gasteiger partial charge >= 0.3 is 5.97 Å². The highest BCUT2D eigenvalue weighted by Crippen LogP contribution is 2.25. The lowest BCUT2D eigenvalue weighted by molar-refractivity contribution is -0.140. The van der Waals surface area contributed by atoms with Crippen molar-refractivity contribution in [2.45, 2.75) is 18.9 Å². The molecule has 0 fully saturated rings. The maximum Gasteiger partial charge on any atom is 0.305 e. The zero-order valence-electron chi connectivity index (χ0n) is 15.4. The molecule has 0 saturated heterocycles. The van der Waals surface area contributed by atoms with Gasteiger partial charge in [0, 0.05) is 17.5 Å². The molecular formula is C24H23NO2. The molecule has 1 atom stereocenters. The Morgan fingerprint density at radius 3 is 1.78 bits per heavy atom. The van der Waals surface area contributed by atoms with E-state index < -0.39 is 0 Å². The lowest BCUT2D eigenvalue weighted by Crippen LogP contribution is -2.09. The maximum atomic E-state index is 11.7. The Kier molecular flexibility index (Phi) is 6.53. The first-order valence-corrected chi connectivity index (χ1v) is 9.08. The fourth-order valence-corrected chi connectivity index (χ4v) is 3.00. The Hall–Kier alpha value is -3.20. The second kappa shape index (κ2) is 9.48. The molecular weight excluding hydrogens is 334 g/mol. The molecule has 1 unspecified atom stereocenters. The molecule has 0 saturated carbocycles. The van der Waals surface area contributed by atoms with E-state index in [9.17, 15) is 4.79 Å². The first-order valence-electron chi connectivity index (χ1n) is 9.08. The summed E-state index contributed by atoms with van der Waals surface area (Å²) in [5.74, 6) is -0.216. The van der Waals surface area contributed by atoms with Gasteiger partial charge in [-0.15, -0.1) is 0 Å². The quantitative estimate of drug-likeness (QED) is 0.430. The first-order chi connectivity index (χ1) is 13.3. The van der Waals surface area contributed by atoms with E-state index in [0.717, 1.165) is 22.4 Å². The molecule has 3 heteroatoms. The van der Waals surface area contributed by atoms with E-state index in [1.807, 2.05) is 54.6 Å². The fourth-order valence-electron chi connectivity index (χ4n) is 3.00. The molecule has 3 nitrogen and oxygen atoms in total. The van der Waals surface area contributed by atoms with Crippen molar-refractivity contribution in [3.8, 4) is 0 Å². The van der Waals surface area contributed by atoms with Gasteiger partial charge in [-0.2, -0.15) is 0 Å². The minimum atomic E-state index is -0.216. The smallest absolute Gasteiger partial charge is 0.305 e. The van der Waals surface area contributed by atoms with Crippen LogP contribution >= 0.6 is 0 Å². The molecule has 0 aliphatic heterocycles. The van der Waals surface area contributed by atoms with Crippen LogP contribution in [-0.4, -0.2) is 18.8 Å². The number of esters is 1. The van der Waals surface area contributed by atoms with E-state index in [-0.39, 0.29) is 12.0 Å². The van der Waals surface area contributed by atoms with Crippen molar-refractivity contribution in [2.24, 2.45) is 4.99 Å². The summed E-state index contributed by atoms with van der Waals surface area (Å²) in [6.45, 7) is 0. The highest BCUT2D eigenvalue weighted by Gasteiger charge is 2.16. The molecule has 0 aromatic heterocycles. The van der Waals surface area contributed by atoms with E-state index in [1.165, 1.54) is 7.11 Å². The summed E-state index contributed by atoms with van der Waals surface area (Å²) in [7, 11) is 1.42. The summed E-state index contributed by atoms with van der Waals surface area (Å²) in [6.07, 6.45) is 0.927. The molecule has 0 aliphatic carbocycles. The number of carbonyl (C=O) groups excluding carboxylic acids is 1. The van der Waals surface area contributed by atoms with E-state index in [1.54, 1.807) is 0 Å². The summed E-state index contributed by atoms with van der Waals surface area (Å²) in [6, 6.07) is 30.3. The van der Waals surface area contributed by atoms with Crippen LogP contribution in [0.15, 0.2) is 96.0 Å². The molecule has 3 rings (SSSR count). The van der Waals surface area contributed by atoms with Gasteiger partial charge in [0.05, 0.1) is 18.9 Å². The monoisotopic (exact) mass is 357 g/mol. The average Bonchev–Trinajstić information content (AvgIpc) is 2.75. The third-order valence-electron chi connectivity index (χ3n) is 4.41. The molecule has 0 heterocycles. The van der Waals surface area contributed by atoms with Gasteiger partial charge in [-0.1, -0.05) is 91.0 Å². The summed E-state index contributed by atoms with van der Waals surface area (Å²) >= 11 is 0. The van der Waals surface area contributed by atoms with Crippen LogP contribution in [0.1, 0.15) is 35.6 Å². The second-order valence-corrected chi connectivity index (χ2v) is 6.25. The van der Waals surface area contributed by atoms with Gasteiger partial charge in [-0.05, 0) is 12.0 Å². The number of nitrogens with zero attached hydrogens (tertiary/aromatic N) is 1. The average molecular weight is 357 g/mol. The van der Waals surface area contributed by atoms with Crippen LogP contribution < -0.4 is 0 Å². The molecule has 0 spiro atoms. The van der Waals surface area contributed by atoms with Gasteiger partial charge in [-0.3, -0.25) is 9.79 Å². The van der Waals surface area contributed by atoms with Crippen LogP contribution in [0.4, 0.5) is 0 Å². The Morgan fingerprint density at radius 1 is 0.815 bits per heavy atom. The molecule has 136 valence electrons. The number of carbonyl (C=O) groups is 1. The Labute approximate surface area is 160 Å². The fraction of sp³-hybridized carbons (Fsp3) is 0.167. The maximum absolute atomic E-state index is 11.7. The highest BCUT2D eigenvalue weighted by atomic mass is 16.5. The van der Waals surface area contributed by atoms with Crippen LogP contribution in [-0.2, 0) is 9.53 Å². The third-order valence-corrected chi connectivity index (χ3v) is 4.41. The highest BCUT2D eigenvalue weighted by molar-refractivity contribution is 6.13. The van der Waals surface area contributed by atoms with Crippen molar-refractivity contribution >= 4 is 11.7 Å². The molecule has 3 aromatic rings. The van der Waals surface area contributed by atoms with E-state index in [2.05, 4.69) is 36.4 Å². The summed E-state index contributed by atoms with van der Waals surface area (Å²) in [5, 5.41) is 0. The Bertz CT molecular complexity index is 833. The molecule has 0 aliphatic rings. The number of methoxy groups -OCH3 is 1. The van der Waals surface area contributed by atoms with Crippen molar-refractivity contribution < 1.29 is 9.53 Å². The number of benzene rings is 3. The topological polar surface area (TPSA) is 38.7 Å². The molecule has 3 aromatic carbocycles. The molecule has 27 heavy (non-hydrogen) atoms. The second-order valence-electron chi connectivity index (χ2n) is 6.25. The molecule has 0 N–H and O–H groups in total. The summed E-state index contributed by atoms with van der Waals surface area (Å²) in [4.78, 5) is 16.8. The van der Waals surface area contributed by atoms with Gasteiger partial charge in [0.2, 0.25) is 0 Å². The number of hydrogen-bond acceptors (Lipinski definition) is 3. The SMILES string of the molecule is COC(=O)CCC(N=C(c1ccccc1)c1ccccc1)c1ccccc1. The van der Waals surface area contributed by atoms with Crippen LogP contribution in [0.2, 0.25) is 0 Å². The molecule has 0 bridgehead atoms. The van der Waals surface area contributed by atoms with E-state index >= 15 is 0 Å². The van der Waals surface area contributed by atoms with Gasteiger partial charge in [0.15, 0.2) is 0 Å². The summed E-state index contributed by atoms with van der Waals surface area (Å²) < 4.78 is 4.82. The third kappa shape index (κ3) is 5.14. The lowest BCUT2D eigenvalue weighted by Gasteiger charge is -2.16. The van der Waals surface area contributed by atoms with Crippen LogP contribution in [0.5, 0.6) is 0 Å². The number of rotatable bonds is 7. The van der Waals surface area contributed by atoms with Gasteiger partial charge in [0.1, 0.15) is 0 Å². The lowest BCUT2D eigenvalue weighted by atomic mass is 9.99. The van der Waals surface area contributed by atoms with Crippen molar-refractivity contribution in [1.29, 1.82) is 0 Å². The number of aliphatic imine (C=N–C) groups is 1. The zero-order chi connectivity index (χ0) is 18.9. The predicted molar refractivity (Wildman–Crippen MR) is 109 cm³/mol. The van der Waals surface area contributed by atoms with Gasteiger partial charge < -0.3 is 4.74 Å². The van der Waals surface area contributed by atoms with Gasteiger partial charge in [-0.25, -0.2) is 0 Å². The van der Waals surface area contributed by atoms with Crippen LogP contribution in [0.3, 0.4) is 0 Å².